The Kier molecular flexibility index (Phi) is 4.12. The molecule has 122 valence electrons. The average Bonchev–Trinajstić information content (AvgIpc) is 2.88. The molecule has 0 spiro atoms. The van der Waals surface area contributed by atoms with Gasteiger partial charge in [-0.2, -0.15) is 5.10 Å². The van der Waals surface area contributed by atoms with Crippen molar-refractivity contribution in [1.82, 2.24) is 25.1 Å². The maximum absolute atomic E-state index is 12.8. The van der Waals surface area contributed by atoms with Gasteiger partial charge in [0.2, 0.25) is 5.91 Å². The normalized spacial score (nSPS) is 20.2. The zero-order chi connectivity index (χ0) is 16.4. The van der Waals surface area contributed by atoms with Gasteiger partial charge in [0.15, 0.2) is 0 Å². The summed E-state index contributed by atoms with van der Waals surface area (Å²) in [6.45, 7) is 5.93. The molecule has 0 saturated carbocycles. The smallest absolute Gasteiger partial charge is 0.229 e. The van der Waals surface area contributed by atoms with Crippen LogP contribution < -0.4 is 10.6 Å². The first kappa shape index (κ1) is 15.6. The number of amides is 1. The number of carbonyl (C=O) groups is 1. The van der Waals surface area contributed by atoms with Crippen LogP contribution >= 0.6 is 0 Å². The van der Waals surface area contributed by atoms with Gasteiger partial charge in [-0.05, 0) is 18.4 Å². The average molecular weight is 314 g/mol. The van der Waals surface area contributed by atoms with Crippen molar-refractivity contribution in [3.05, 3.63) is 24.8 Å². The Morgan fingerprint density at radius 2 is 2.26 bits per heavy atom. The van der Waals surface area contributed by atoms with Crippen molar-refractivity contribution in [2.24, 2.45) is 18.4 Å². The van der Waals surface area contributed by atoms with Crippen LogP contribution in [0.5, 0.6) is 0 Å². The quantitative estimate of drug-likeness (QED) is 0.896. The van der Waals surface area contributed by atoms with Gasteiger partial charge in [0.05, 0.1) is 17.8 Å². The highest BCUT2D eigenvalue weighted by molar-refractivity contribution is 5.96. The molecule has 2 aromatic rings. The standard InChI is InChI=1S/C16H22N6O/c1-16(2)4-5-17-8-11(16)15(23)20-13-10-22(3)21-14(13)12-9-18-6-7-19-12/h6-7,9-11,17H,4-5,8H2,1-3H3,(H,20,23). The lowest BCUT2D eigenvalue weighted by atomic mass is 9.73. The molecule has 3 rings (SSSR count). The molecule has 1 aliphatic heterocycles. The number of aryl methyl sites for hydroxylation is 1. The minimum atomic E-state index is -0.0776. The largest absolute Gasteiger partial charge is 0.323 e. The Labute approximate surface area is 135 Å². The Hall–Kier alpha value is -2.28. The van der Waals surface area contributed by atoms with Crippen LogP contribution in [0.25, 0.3) is 11.4 Å². The van der Waals surface area contributed by atoms with Gasteiger partial charge in [0.1, 0.15) is 11.4 Å². The van der Waals surface area contributed by atoms with Crippen LogP contribution in [0.4, 0.5) is 5.69 Å². The van der Waals surface area contributed by atoms with Gasteiger partial charge < -0.3 is 10.6 Å². The second kappa shape index (κ2) is 6.08. The van der Waals surface area contributed by atoms with E-state index in [2.05, 4.69) is 39.5 Å². The molecular formula is C16H22N6O. The summed E-state index contributed by atoms with van der Waals surface area (Å²) in [5.74, 6) is -0.0634. The van der Waals surface area contributed by atoms with Crippen LogP contribution in [0.15, 0.2) is 24.8 Å². The van der Waals surface area contributed by atoms with E-state index in [0.29, 0.717) is 23.6 Å². The lowest BCUT2D eigenvalue weighted by molar-refractivity contribution is -0.124. The molecule has 1 amide bonds. The third kappa shape index (κ3) is 3.24. The molecule has 7 heteroatoms. The van der Waals surface area contributed by atoms with E-state index in [4.69, 9.17) is 0 Å². The van der Waals surface area contributed by atoms with Gasteiger partial charge in [-0.25, -0.2) is 0 Å². The first-order valence-corrected chi connectivity index (χ1v) is 7.79. The number of piperidine rings is 1. The first-order valence-electron chi connectivity index (χ1n) is 7.79. The van der Waals surface area contributed by atoms with E-state index in [0.717, 1.165) is 13.0 Å². The highest BCUT2D eigenvalue weighted by Gasteiger charge is 2.37. The number of anilines is 1. The first-order chi connectivity index (χ1) is 11.0. The molecule has 0 bridgehead atoms. The van der Waals surface area contributed by atoms with Gasteiger partial charge in [-0.15, -0.1) is 0 Å². The number of nitrogens with one attached hydrogen (secondary N) is 2. The predicted octanol–water partition coefficient (Wildman–Crippen LogP) is 1.45. The van der Waals surface area contributed by atoms with Crippen molar-refractivity contribution in [2.75, 3.05) is 18.4 Å². The topological polar surface area (TPSA) is 84.7 Å². The zero-order valence-electron chi connectivity index (χ0n) is 13.7. The van der Waals surface area contributed by atoms with E-state index < -0.39 is 0 Å². The summed E-state index contributed by atoms with van der Waals surface area (Å²) in [5, 5.41) is 10.7. The van der Waals surface area contributed by atoms with Crippen LogP contribution in [0.3, 0.4) is 0 Å². The molecule has 2 N–H and O–H groups in total. The molecule has 0 aromatic carbocycles. The lowest BCUT2D eigenvalue weighted by Gasteiger charge is -2.37. The van der Waals surface area contributed by atoms with E-state index in [1.165, 1.54) is 0 Å². The second-order valence-electron chi connectivity index (χ2n) is 6.64. The summed E-state index contributed by atoms with van der Waals surface area (Å²) in [6.07, 6.45) is 7.65. The van der Waals surface area contributed by atoms with Crippen LogP contribution in [0.1, 0.15) is 20.3 Å². The molecule has 23 heavy (non-hydrogen) atoms. The Morgan fingerprint density at radius 3 is 2.96 bits per heavy atom. The minimum Gasteiger partial charge on any atom is -0.323 e. The van der Waals surface area contributed by atoms with E-state index in [1.807, 2.05) is 7.05 Å². The third-order valence-electron chi connectivity index (χ3n) is 4.45. The summed E-state index contributed by atoms with van der Waals surface area (Å²) in [4.78, 5) is 21.1. The molecule has 0 radical (unpaired) electrons. The van der Waals surface area contributed by atoms with Crippen LogP contribution in [0, 0.1) is 11.3 Å². The summed E-state index contributed by atoms with van der Waals surface area (Å²) in [5.41, 5.74) is 1.92. The predicted molar refractivity (Wildman–Crippen MR) is 87.6 cm³/mol. The Morgan fingerprint density at radius 1 is 1.43 bits per heavy atom. The van der Waals surface area contributed by atoms with E-state index >= 15 is 0 Å². The van der Waals surface area contributed by atoms with E-state index in [-0.39, 0.29) is 17.2 Å². The highest BCUT2D eigenvalue weighted by Crippen LogP contribution is 2.34. The summed E-state index contributed by atoms with van der Waals surface area (Å²) >= 11 is 0. The number of carbonyl (C=O) groups excluding carboxylic acids is 1. The van der Waals surface area contributed by atoms with E-state index in [1.54, 1.807) is 29.5 Å². The number of rotatable bonds is 3. The molecule has 1 fully saturated rings. The molecule has 7 nitrogen and oxygen atoms in total. The number of hydrogen-bond acceptors (Lipinski definition) is 5. The molecule has 1 saturated heterocycles. The van der Waals surface area contributed by atoms with Crippen LogP contribution in [0.2, 0.25) is 0 Å². The van der Waals surface area contributed by atoms with Gasteiger partial charge in [-0.3, -0.25) is 19.4 Å². The Balaban J connectivity index is 1.84. The summed E-state index contributed by atoms with van der Waals surface area (Å²) in [7, 11) is 1.82. The molecule has 0 aliphatic carbocycles. The fourth-order valence-electron chi connectivity index (χ4n) is 2.97. The fourth-order valence-corrected chi connectivity index (χ4v) is 2.97. The molecule has 1 aliphatic rings. The van der Waals surface area contributed by atoms with Crippen molar-refractivity contribution in [1.29, 1.82) is 0 Å². The molecular weight excluding hydrogens is 292 g/mol. The van der Waals surface area contributed by atoms with Crippen molar-refractivity contribution in [2.45, 2.75) is 20.3 Å². The maximum atomic E-state index is 12.8. The highest BCUT2D eigenvalue weighted by atomic mass is 16.2. The monoisotopic (exact) mass is 314 g/mol. The zero-order valence-corrected chi connectivity index (χ0v) is 13.7. The molecule has 1 atom stereocenters. The van der Waals surface area contributed by atoms with Gasteiger partial charge in [0.25, 0.3) is 0 Å². The molecule has 1 unspecified atom stereocenters. The summed E-state index contributed by atoms with van der Waals surface area (Å²) < 4.78 is 1.67. The van der Waals surface area contributed by atoms with Crippen molar-refractivity contribution >= 4 is 11.6 Å². The lowest BCUT2D eigenvalue weighted by Crippen LogP contribution is -2.47. The number of hydrogen-bond donors (Lipinski definition) is 2. The maximum Gasteiger partial charge on any atom is 0.229 e. The van der Waals surface area contributed by atoms with Crippen molar-refractivity contribution in [3.8, 4) is 11.4 Å². The third-order valence-corrected chi connectivity index (χ3v) is 4.45. The molecule has 2 aromatic heterocycles. The SMILES string of the molecule is Cn1cc(NC(=O)C2CNCCC2(C)C)c(-c2cnccn2)n1. The minimum absolute atomic E-state index is 0.0142. The number of nitrogens with zero attached hydrogens (tertiary/aromatic N) is 4. The Bertz CT molecular complexity index is 694. The van der Waals surface area contributed by atoms with Gasteiger partial charge in [0, 0.05) is 32.2 Å². The van der Waals surface area contributed by atoms with Gasteiger partial charge in [-0.1, -0.05) is 13.8 Å². The number of aromatic nitrogens is 4. The second-order valence-corrected chi connectivity index (χ2v) is 6.64. The van der Waals surface area contributed by atoms with Crippen LogP contribution in [-0.2, 0) is 11.8 Å². The van der Waals surface area contributed by atoms with Crippen molar-refractivity contribution in [3.63, 3.8) is 0 Å². The summed E-state index contributed by atoms with van der Waals surface area (Å²) in [6, 6.07) is 0. The fraction of sp³-hybridized carbons (Fsp3) is 0.500. The van der Waals surface area contributed by atoms with Crippen molar-refractivity contribution < 1.29 is 4.79 Å². The van der Waals surface area contributed by atoms with E-state index in [9.17, 15) is 4.79 Å². The molecule has 3 heterocycles. The van der Waals surface area contributed by atoms with Gasteiger partial charge >= 0.3 is 0 Å². The van der Waals surface area contributed by atoms with Crippen LogP contribution in [-0.4, -0.2) is 38.7 Å².